The summed E-state index contributed by atoms with van der Waals surface area (Å²) in [6.45, 7) is 1.28. The van der Waals surface area contributed by atoms with Crippen LogP contribution in [-0.4, -0.2) is 37.2 Å². The van der Waals surface area contributed by atoms with Crippen LogP contribution in [0.1, 0.15) is 27.0 Å². The Hall–Kier alpha value is -3.55. The van der Waals surface area contributed by atoms with E-state index in [9.17, 15) is 14.7 Å². The van der Waals surface area contributed by atoms with Gasteiger partial charge in [-0.1, -0.05) is 66.2 Å². The van der Waals surface area contributed by atoms with Crippen molar-refractivity contribution in [2.24, 2.45) is 0 Å². The van der Waals surface area contributed by atoms with E-state index in [1.807, 2.05) is 61.6 Å². The van der Waals surface area contributed by atoms with Gasteiger partial charge >= 0.3 is 5.97 Å². The van der Waals surface area contributed by atoms with Gasteiger partial charge < -0.3 is 25.8 Å². The number of carbonyl (C=O) groups excluding carboxylic acids is 2. The van der Waals surface area contributed by atoms with E-state index in [0.29, 0.717) is 12.2 Å². The van der Waals surface area contributed by atoms with Crippen molar-refractivity contribution in [3.05, 3.63) is 94.0 Å². The highest BCUT2D eigenvalue weighted by atomic mass is 35.5. The van der Waals surface area contributed by atoms with Gasteiger partial charge in [0.2, 0.25) is 0 Å². The van der Waals surface area contributed by atoms with Crippen LogP contribution < -0.4 is 16.0 Å². The van der Waals surface area contributed by atoms with E-state index in [2.05, 4.69) is 16.0 Å². The lowest BCUT2D eigenvalue weighted by atomic mass is 10.0. The minimum Gasteiger partial charge on any atom is -0.507 e. The second kappa shape index (κ2) is 12.1. The number of hydrogen-bond donors (Lipinski definition) is 4. The topological polar surface area (TPSA) is 99.7 Å². The van der Waals surface area contributed by atoms with Gasteiger partial charge in [-0.15, -0.1) is 0 Å². The second-order valence-electron chi connectivity index (χ2n) is 7.79. The molecule has 0 aliphatic heterocycles. The number of ether oxygens (including phenoxy) is 1. The summed E-state index contributed by atoms with van der Waals surface area (Å²) in [5.74, 6) is -1.46. The van der Waals surface area contributed by atoms with Crippen LogP contribution in [0.15, 0.2) is 66.7 Å². The molecular weight excluding hydrogens is 454 g/mol. The third-order valence-corrected chi connectivity index (χ3v) is 5.60. The number of carbonyl (C=O) groups is 2. The third kappa shape index (κ3) is 6.73. The van der Waals surface area contributed by atoms with Gasteiger partial charge in [-0.3, -0.25) is 4.79 Å². The number of nitrogens with one attached hydrogen (secondary N) is 3. The largest absolute Gasteiger partial charge is 0.507 e. The summed E-state index contributed by atoms with van der Waals surface area (Å²) in [5.41, 5.74) is 3.53. The highest BCUT2D eigenvalue weighted by molar-refractivity contribution is 6.33. The summed E-state index contributed by atoms with van der Waals surface area (Å²) in [5, 5.41) is 19.7. The summed E-state index contributed by atoms with van der Waals surface area (Å²) in [6.07, 6.45) is 0.250. The van der Waals surface area contributed by atoms with Crippen molar-refractivity contribution in [1.82, 2.24) is 10.6 Å². The van der Waals surface area contributed by atoms with E-state index in [1.165, 1.54) is 24.8 Å². The number of phenols is 1. The maximum Gasteiger partial charge on any atom is 0.328 e. The second-order valence-corrected chi connectivity index (χ2v) is 8.20. The molecule has 1 atom stereocenters. The molecule has 0 saturated heterocycles. The Morgan fingerprint density at radius 1 is 0.971 bits per heavy atom. The number of aromatic hydroxyl groups is 1. The maximum absolute atomic E-state index is 12.9. The van der Waals surface area contributed by atoms with E-state index in [0.717, 1.165) is 17.7 Å². The third-order valence-electron chi connectivity index (χ3n) is 5.29. The zero-order valence-corrected chi connectivity index (χ0v) is 19.9. The fourth-order valence-electron chi connectivity index (χ4n) is 3.48. The number of anilines is 1. The Kier molecular flexibility index (Phi) is 8.90. The van der Waals surface area contributed by atoms with Crippen molar-refractivity contribution in [3.8, 4) is 5.75 Å². The highest BCUT2D eigenvalue weighted by Gasteiger charge is 2.24. The van der Waals surface area contributed by atoms with Crippen molar-refractivity contribution in [1.29, 1.82) is 0 Å². The molecule has 34 heavy (non-hydrogen) atoms. The smallest absolute Gasteiger partial charge is 0.328 e. The molecule has 0 saturated carbocycles. The number of hydrogen-bond acceptors (Lipinski definition) is 6. The molecular formula is C26H28ClN3O4. The molecule has 0 aliphatic carbocycles. The van der Waals surface area contributed by atoms with Crippen LogP contribution >= 0.6 is 11.6 Å². The predicted molar refractivity (Wildman–Crippen MR) is 133 cm³/mol. The quantitative estimate of drug-likeness (QED) is 0.328. The summed E-state index contributed by atoms with van der Waals surface area (Å²) >= 11 is 6.38. The molecule has 178 valence electrons. The Morgan fingerprint density at radius 2 is 1.62 bits per heavy atom. The molecule has 7 nitrogen and oxygen atoms in total. The lowest BCUT2D eigenvalue weighted by Crippen LogP contribution is -2.43. The molecule has 0 aromatic heterocycles. The summed E-state index contributed by atoms with van der Waals surface area (Å²) in [7, 11) is 3.16. The number of phenolic OH excluding ortho intramolecular Hbond substituents is 1. The van der Waals surface area contributed by atoms with E-state index in [1.54, 1.807) is 0 Å². The van der Waals surface area contributed by atoms with Gasteiger partial charge in [-0.2, -0.15) is 0 Å². The first-order valence-corrected chi connectivity index (χ1v) is 11.2. The molecule has 8 heteroatoms. The minimum atomic E-state index is -0.915. The Morgan fingerprint density at radius 3 is 2.24 bits per heavy atom. The van der Waals surface area contributed by atoms with E-state index < -0.39 is 17.9 Å². The average molecular weight is 482 g/mol. The van der Waals surface area contributed by atoms with Gasteiger partial charge in [0.15, 0.2) is 0 Å². The molecule has 0 radical (unpaired) electrons. The Labute approximate surface area is 204 Å². The van der Waals surface area contributed by atoms with Crippen molar-refractivity contribution in [2.75, 3.05) is 19.5 Å². The maximum atomic E-state index is 12.9. The molecule has 3 aromatic carbocycles. The number of halogens is 1. The fraction of sp³-hybridized carbons (Fsp3) is 0.231. The SMILES string of the molecule is CNCc1ccc(CNc2cc(O)c(C(=O)N[C@@H](Cc3ccccc3)C(=O)OC)cc2Cl)cc1. The average Bonchev–Trinajstić information content (AvgIpc) is 2.85. The molecule has 4 N–H and O–H groups in total. The predicted octanol–water partition coefficient (Wildman–Crippen LogP) is 3.89. The van der Waals surface area contributed by atoms with Crippen molar-refractivity contribution >= 4 is 29.2 Å². The van der Waals surface area contributed by atoms with E-state index >= 15 is 0 Å². The number of amides is 1. The van der Waals surface area contributed by atoms with Gasteiger partial charge in [-0.05, 0) is 29.8 Å². The van der Waals surface area contributed by atoms with Gasteiger partial charge in [0.05, 0.1) is 23.4 Å². The molecule has 0 bridgehead atoms. The lowest BCUT2D eigenvalue weighted by Gasteiger charge is -2.18. The van der Waals surface area contributed by atoms with Crippen LogP contribution in [0.25, 0.3) is 0 Å². The molecule has 1 amide bonds. The first-order valence-electron chi connectivity index (χ1n) is 10.8. The van der Waals surface area contributed by atoms with Crippen molar-refractivity contribution < 1.29 is 19.4 Å². The van der Waals surface area contributed by atoms with E-state index in [4.69, 9.17) is 16.3 Å². The molecule has 0 spiro atoms. The number of esters is 1. The minimum absolute atomic E-state index is 0.0334. The molecule has 0 heterocycles. The first kappa shape index (κ1) is 25.1. The Balaban J connectivity index is 1.69. The fourth-order valence-corrected chi connectivity index (χ4v) is 3.71. The Bertz CT molecular complexity index is 1120. The standard InChI is InChI=1S/C26H28ClN3O4/c1-28-15-18-8-10-19(11-9-18)16-29-22-14-24(31)20(13-21(22)27)25(32)30-23(26(33)34-2)12-17-6-4-3-5-7-17/h3-11,13-14,23,28-29,31H,12,15-16H2,1-2H3,(H,30,32)/t23-/m0/s1. The van der Waals surface area contributed by atoms with Crippen LogP contribution in [-0.2, 0) is 29.0 Å². The number of benzene rings is 3. The number of rotatable bonds is 10. The normalized spacial score (nSPS) is 11.5. The molecule has 0 fully saturated rings. The van der Waals surface area contributed by atoms with Crippen molar-refractivity contribution in [3.63, 3.8) is 0 Å². The summed E-state index contributed by atoms with van der Waals surface area (Å²) < 4.78 is 4.83. The van der Waals surface area contributed by atoms with Crippen LogP contribution in [0.3, 0.4) is 0 Å². The zero-order valence-electron chi connectivity index (χ0n) is 19.1. The van der Waals surface area contributed by atoms with E-state index in [-0.39, 0.29) is 22.8 Å². The summed E-state index contributed by atoms with van der Waals surface area (Å²) in [6, 6.07) is 19.2. The van der Waals surface area contributed by atoms with Crippen LogP contribution in [0.2, 0.25) is 5.02 Å². The molecule has 3 aromatic rings. The molecule has 0 unspecified atom stereocenters. The van der Waals surface area contributed by atoms with Crippen LogP contribution in [0.4, 0.5) is 5.69 Å². The van der Waals surface area contributed by atoms with Gasteiger partial charge in [0, 0.05) is 25.6 Å². The number of methoxy groups -OCH3 is 1. The van der Waals surface area contributed by atoms with Gasteiger partial charge in [-0.25, -0.2) is 4.79 Å². The lowest BCUT2D eigenvalue weighted by molar-refractivity contribution is -0.142. The zero-order chi connectivity index (χ0) is 24.5. The summed E-state index contributed by atoms with van der Waals surface area (Å²) in [4.78, 5) is 25.1. The molecule has 3 rings (SSSR count). The monoisotopic (exact) mass is 481 g/mol. The van der Waals surface area contributed by atoms with Crippen molar-refractivity contribution in [2.45, 2.75) is 25.6 Å². The van der Waals surface area contributed by atoms with Crippen LogP contribution in [0.5, 0.6) is 5.75 Å². The van der Waals surface area contributed by atoms with Gasteiger partial charge in [0.25, 0.3) is 5.91 Å². The first-order chi connectivity index (χ1) is 16.4. The molecule has 0 aliphatic rings. The van der Waals surface area contributed by atoms with Crippen LogP contribution in [0, 0.1) is 0 Å². The highest BCUT2D eigenvalue weighted by Crippen LogP contribution is 2.31. The van der Waals surface area contributed by atoms with Gasteiger partial charge in [0.1, 0.15) is 11.8 Å².